The van der Waals surface area contributed by atoms with Crippen molar-refractivity contribution in [1.29, 1.82) is 0 Å². The fraction of sp³-hybridized carbons (Fsp3) is 0.0588. The standard InChI is InChI=1S/C17H13N3O2S/c18-17-20-19-16(23-17)13(12-4-2-1-3-5-12)8-11-6-7-14-15(9-11)22-10-21-14/h1-9H,10H2,(H2,18,20)/b13-8+. The number of anilines is 1. The fourth-order valence-electron chi connectivity index (χ4n) is 2.40. The van der Waals surface area contributed by atoms with Crippen LogP contribution in [0.3, 0.4) is 0 Å². The molecule has 0 aliphatic carbocycles. The van der Waals surface area contributed by atoms with Crippen molar-refractivity contribution in [3.05, 3.63) is 64.7 Å². The van der Waals surface area contributed by atoms with Gasteiger partial charge in [-0.3, -0.25) is 0 Å². The monoisotopic (exact) mass is 323 g/mol. The normalized spacial score (nSPS) is 13.3. The Labute approximate surface area is 137 Å². The largest absolute Gasteiger partial charge is 0.454 e. The van der Waals surface area contributed by atoms with Crippen molar-refractivity contribution in [3.63, 3.8) is 0 Å². The molecule has 0 saturated carbocycles. The molecule has 23 heavy (non-hydrogen) atoms. The minimum absolute atomic E-state index is 0.265. The Kier molecular flexibility index (Phi) is 3.44. The molecule has 114 valence electrons. The van der Waals surface area contributed by atoms with Gasteiger partial charge in [-0.1, -0.05) is 47.7 Å². The SMILES string of the molecule is Nc1nnc(/C(=C/c2ccc3c(c2)OCO3)c2ccccc2)s1. The summed E-state index contributed by atoms with van der Waals surface area (Å²) in [4.78, 5) is 0. The zero-order valence-corrected chi connectivity index (χ0v) is 12.9. The van der Waals surface area contributed by atoms with E-state index in [4.69, 9.17) is 15.2 Å². The van der Waals surface area contributed by atoms with Gasteiger partial charge in [0.25, 0.3) is 0 Å². The molecule has 0 radical (unpaired) electrons. The quantitative estimate of drug-likeness (QED) is 0.748. The number of nitrogens with zero attached hydrogens (tertiary/aromatic N) is 2. The average Bonchev–Trinajstić information content (AvgIpc) is 3.21. The van der Waals surface area contributed by atoms with Crippen LogP contribution in [0.5, 0.6) is 11.5 Å². The second-order valence-electron chi connectivity index (χ2n) is 4.98. The summed E-state index contributed by atoms with van der Waals surface area (Å²) in [5.74, 6) is 1.52. The molecule has 0 fully saturated rings. The third-order valence-corrected chi connectivity index (χ3v) is 4.25. The van der Waals surface area contributed by atoms with E-state index in [1.54, 1.807) is 0 Å². The molecule has 4 rings (SSSR count). The van der Waals surface area contributed by atoms with Crippen LogP contribution in [-0.2, 0) is 0 Å². The van der Waals surface area contributed by atoms with E-state index in [0.29, 0.717) is 5.13 Å². The first-order valence-corrected chi connectivity index (χ1v) is 7.87. The van der Waals surface area contributed by atoms with E-state index in [9.17, 15) is 0 Å². The van der Waals surface area contributed by atoms with Crippen molar-refractivity contribution in [1.82, 2.24) is 10.2 Å². The van der Waals surface area contributed by atoms with Gasteiger partial charge in [0.2, 0.25) is 11.9 Å². The topological polar surface area (TPSA) is 70.3 Å². The summed E-state index contributed by atoms with van der Waals surface area (Å²) in [6, 6.07) is 15.9. The van der Waals surface area contributed by atoms with Gasteiger partial charge in [-0.05, 0) is 29.3 Å². The van der Waals surface area contributed by atoms with Crippen LogP contribution in [0.4, 0.5) is 5.13 Å². The van der Waals surface area contributed by atoms with Crippen LogP contribution in [0, 0.1) is 0 Å². The number of nitrogens with two attached hydrogens (primary N) is 1. The van der Waals surface area contributed by atoms with Crippen LogP contribution in [0.25, 0.3) is 11.6 Å². The van der Waals surface area contributed by atoms with E-state index in [0.717, 1.165) is 33.2 Å². The Hall–Kier alpha value is -2.86. The molecular weight excluding hydrogens is 310 g/mol. The lowest BCUT2D eigenvalue weighted by Crippen LogP contribution is -1.92. The molecule has 2 aromatic carbocycles. The minimum atomic E-state index is 0.265. The molecule has 1 aliphatic rings. The number of aromatic nitrogens is 2. The van der Waals surface area contributed by atoms with Crippen molar-refractivity contribution >= 4 is 28.1 Å². The number of nitrogen functional groups attached to an aromatic ring is 1. The number of hydrogen-bond acceptors (Lipinski definition) is 6. The maximum atomic E-state index is 5.74. The van der Waals surface area contributed by atoms with Crippen LogP contribution in [0.2, 0.25) is 0 Å². The molecule has 1 aromatic heterocycles. The van der Waals surface area contributed by atoms with E-state index in [-0.39, 0.29) is 6.79 Å². The molecule has 0 unspecified atom stereocenters. The molecule has 6 heteroatoms. The highest BCUT2D eigenvalue weighted by molar-refractivity contribution is 7.16. The Morgan fingerprint density at radius 3 is 2.65 bits per heavy atom. The van der Waals surface area contributed by atoms with E-state index >= 15 is 0 Å². The predicted molar refractivity (Wildman–Crippen MR) is 90.3 cm³/mol. The van der Waals surface area contributed by atoms with E-state index in [2.05, 4.69) is 16.3 Å². The van der Waals surface area contributed by atoms with Gasteiger partial charge < -0.3 is 15.2 Å². The zero-order chi connectivity index (χ0) is 15.6. The van der Waals surface area contributed by atoms with Gasteiger partial charge in [-0.25, -0.2) is 0 Å². The lowest BCUT2D eigenvalue weighted by molar-refractivity contribution is 0.174. The molecule has 0 atom stereocenters. The molecular formula is C17H13N3O2S. The van der Waals surface area contributed by atoms with Gasteiger partial charge in [0.1, 0.15) is 5.01 Å². The van der Waals surface area contributed by atoms with Crippen molar-refractivity contribution in [2.24, 2.45) is 0 Å². The predicted octanol–water partition coefficient (Wildman–Crippen LogP) is 3.44. The first-order chi connectivity index (χ1) is 11.3. The van der Waals surface area contributed by atoms with Gasteiger partial charge >= 0.3 is 0 Å². The summed E-state index contributed by atoms with van der Waals surface area (Å²) in [5, 5.41) is 9.34. The highest BCUT2D eigenvalue weighted by atomic mass is 32.1. The summed E-state index contributed by atoms with van der Waals surface area (Å²) < 4.78 is 10.8. The molecule has 3 aromatic rings. The van der Waals surface area contributed by atoms with E-state index in [1.807, 2.05) is 48.5 Å². The lowest BCUT2D eigenvalue weighted by Gasteiger charge is -2.05. The van der Waals surface area contributed by atoms with Gasteiger partial charge in [-0.15, -0.1) is 10.2 Å². The Balaban J connectivity index is 1.81. The molecule has 0 spiro atoms. The van der Waals surface area contributed by atoms with Crippen LogP contribution in [0.15, 0.2) is 48.5 Å². The van der Waals surface area contributed by atoms with Gasteiger partial charge in [0, 0.05) is 5.57 Å². The van der Waals surface area contributed by atoms with Crippen molar-refractivity contribution in [2.75, 3.05) is 12.5 Å². The number of ether oxygens (including phenoxy) is 2. The van der Waals surface area contributed by atoms with Crippen LogP contribution >= 0.6 is 11.3 Å². The first kappa shape index (κ1) is 13.8. The summed E-state index contributed by atoms with van der Waals surface area (Å²) >= 11 is 1.37. The van der Waals surface area contributed by atoms with Crippen molar-refractivity contribution in [3.8, 4) is 11.5 Å². The number of benzene rings is 2. The van der Waals surface area contributed by atoms with Crippen LogP contribution < -0.4 is 15.2 Å². The number of hydrogen-bond donors (Lipinski definition) is 1. The summed E-state index contributed by atoms with van der Waals surface area (Å²) in [7, 11) is 0. The van der Waals surface area contributed by atoms with Crippen molar-refractivity contribution < 1.29 is 9.47 Å². The van der Waals surface area contributed by atoms with Crippen LogP contribution in [-0.4, -0.2) is 17.0 Å². The molecule has 2 N–H and O–H groups in total. The second kappa shape index (κ2) is 5.73. The second-order valence-corrected chi connectivity index (χ2v) is 5.99. The third-order valence-electron chi connectivity index (χ3n) is 3.46. The Morgan fingerprint density at radius 2 is 1.87 bits per heavy atom. The first-order valence-electron chi connectivity index (χ1n) is 7.06. The lowest BCUT2D eigenvalue weighted by atomic mass is 10.0. The molecule has 0 saturated heterocycles. The van der Waals surface area contributed by atoms with E-state index in [1.165, 1.54) is 11.3 Å². The summed E-state index contributed by atoms with van der Waals surface area (Å²) in [6.45, 7) is 0.265. The minimum Gasteiger partial charge on any atom is -0.454 e. The summed E-state index contributed by atoms with van der Waals surface area (Å²) in [6.07, 6.45) is 2.05. The maximum Gasteiger partial charge on any atom is 0.231 e. The Bertz CT molecular complexity index is 875. The molecule has 5 nitrogen and oxygen atoms in total. The molecule has 0 bridgehead atoms. The maximum absolute atomic E-state index is 5.74. The zero-order valence-electron chi connectivity index (χ0n) is 12.1. The molecule has 0 amide bonds. The smallest absolute Gasteiger partial charge is 0.231 e. The van der Waals surface area contributed by atoms with Gasteiger partial charge in [0.15, 0.2) is 11.5 Å². The number of fused-ring (bicyclic) bond motifs is 1. The highest BCUT2D eigenvalue weighted by Gasteiger charge is 2.14. The van der Waals surface area contributed by atoms with E-state index < -0.39 is 0 Å². The summed E-state index contributed by atoms with van der Waals surface area (Å²) in [5.41, 5.74) is 8.77. The highest BCUT2D eigenvalue weighted by Crippen LogP contribution is 2.35. The third kappa shape index (κ3) is 2.76. The van der Waals surface area contributed by atoms with Crippen LogP contribution in [0.1, 0.15) is 16.1 Å². The van der Waals surface area contributed by atoms with Gasteiger partial charge in [-0.2, -0.15) is 0 Å². The average molecular weight is 323 g/mol. The fourth-order valence-corrected chi connectivity index (χ4v) is 3.05. The molecule has 1 aliphatic heterocycles. The number of rotatable bonds is 3. The molecule has 2 heterocycles. The van der Waals surface area contributed by atoms with Crippen molar-refractivity contribution in [2.45, 2.75) is 0 Å². The van der Waals surface area contributed by atoms with Gasteiger partial charge in [0.05, 0.1) is 0 Å². The Morgan fingerprint density at radius 1 is 1.04 bits per heavy atom.